The van der Waals surface area contributed by atoms with E-state index in [2.05, 4.69) is 6.58 Å². The van der Waals surface area contributed by atoms with Crippen LogP contribution < -0.4 is 0 Å². The van der Waals surface area contributed by atoms with Crippen LogP contribution in [-0.2, 0) is 14.3 Å². The highest BCUT2D eigenvalue weighted by atomic mass is 16.5. The second-order valence-corrected chi connectivity index (χ2v) is 8.63. The summed E-state index contributed by atoms with van der Waals surface area (Å²) in [5.41, 5.74) is 0.491. The van der Waals surface area contributed by atoms with Gasteiger partial charge in [0.2, 0.25) is 0 Å². The normalized spacial score (nSPS) is 11.0. The summed E-state index contributed by atoms with van der Waals surface area (Å²) in [5.74, 6) is -0.255. The van der Waals surface area contributed by atoms with Crippen LogP contribution in [0.4, 0.5) is 0 Å². The minimum absolute atomic E-state index is 0.255. The van der Waals surface area contributed by atoms with Gasteiger partial charge < -0.3 is 9.47 Å². The van der Waals surface area contributed by atoms with Crippen LogP contribution in [0.25, 0.3) is 0 Å². The van der Waals surface area contributed by atoms with Crippen molar-refractivity contribution >= 4 is 5.97 Å². The Balaban J connectivity index is 3.05. The Hall–Kier alpha value is -0.830. The molecule has 172 valence electrons. The lowest BCUT2D eigenvalue weighted by atomic mass is 10.0. The van der Waals surface area contributed by atoms with Gasteiger partial charge in [0.25, 0.3) is 0 Å². The Morgan fingerprint density at radius 1 is 0.552 bits per heavy atom. The second kappa shape index (κ2) is 23.4. The molecule has 0 aromatic rings. The van der Waals surface area contributed by atoms with Gasteiger partial charge >= 0.3 is 5.97 Å². The van der Waals surface area contributed by atoms with Gasteiger partial charge in [-0.3, -0.25) is 0 Å². The third-order valence-electron chi connectivity index (χ3n) is 5.57. The summed E-state index contributed by atoms with van der Waals surface area (Å²) < 4.78 is 10.2. The maximum absolute atomic E-state index is 11.2. The average molecular weight is 411 g/mol. The second-order valence-electron chi connectivity index (χ2n) is 8.63. The first-order chi connectivity index (χ1) is 14.2. The van der Waals surface area contributed by atoms with Gasteiger partial charge in [0.1, 0.15) is 0 Å². The zero-order chi connectivity index (χ0) is 21.4. The third-order valence-corrected chi connectivity index (χ3v) is 5.57. The zero-order valence-corrected chi connectivity index (χ0v) is 19.8. The summed E-state index contributed by atoms with van der Waals surface area (Å²) in [6.07, 6.45) is 25.7. The maximum Gasteiger partial charge on any atom is 0.333 e. The molecule has 0 amide bonds. The van der Waals surface area contributed by atoms with E-state index in [-0.39, 0.29) is 5.97 Å². The van der Waals surface area contributed by atoms with Crippen LogP contribution in [0, 0.1) is 0 Å². The van der Waals surface area contributed by atoms with E-state index >= 15 is 0 Å². The number of carbonyl (C=O) groups excluding carboxylic acids is 1. The largest absolute Gasteiger partial charge is 0.462 e. The van der Waals surface area contributed by atoms with Crippen molar-refractivity contribution in [3.05, 3.63) is 12.2 Å². The first-order valence-corrected chi connectivity index (χ1v) is 12.5. The number of unbranched alkanes of at least 4 members (excludes halogenated alkanes) is 18. The highest BCUT2D eigenvalue weighted by Gasteiger charge is 2.01. The standard InChI is InChI=1S/C26H50O3/c1-25(2)26(27)29-24-22-20-18-16-14-12-10-8-6-4-5-7-9-11-13-15-17-19-21-23-28-3/h1,4-24H2,2-3H3. The molecule has 0 aromatic heterocycles. The minimum atomic E-state index is -0.255. The molecule has 0 unspecified atom stereocenters. The van der Waals surface area contributed by atoms with Gasteiger partial charge in [-0.1, -0.05) is 116 Å². The van der Waals surface area contributed by atoms with E-state index in [0.29, 0.717) is 12.2 Å². The molecule has 0 aromatic carbocycles. The maximum atomic E-state index is 11.2. The Kier molecular flexibility index (Phi) is 22.8. The van der Waals surface area contributed by atoms with Gasteiger partial charge in [0, 0.05) is 19.3 Å². The van der Waals surface area contributed by atoms with Gasteiger partial charge in [0.15, 0.2) is 0 Å². The van der Waals surface area contributed by atoms with Gasteiger partial charge in [0.05, 0.1) is 6.61 Å². The Morgan fingerprint density at radius 2 is 0.828 bits per heavy atom. The van der Waals surface area contributed by atoms with Crippen LogP contribution in [0.5, 0.6) is 0 Å². The van der Waals surface area contributed by atoms with E-state index in [1.54, 1.807) is 14.0 Å². The highest BCUT2D eigenvalue weighted by molar-refractivity contribution is 5.86. The molecule has 0 aliphatic rings. The number of rotatable bonds is 23. The number of hydrogen-bond acceptors (Lipinski definition) is 3. The van der Waals surface area contributed by atoms with Crippen LogP contribution in [0.3, 0.4) is 0 Å². The van der Waals surface area contributed by atoms with E-state index in [4.69, 9.17) is 9.47 Å². The molecular formula is C26H50O3. The molecule has 0 fully saturated rings. The fourth-order valence-corrected chi connectivity index (χ4v) is 3.64. The van der Waals surface area contributed by atoms with Gasteiger partial charge in [-0.05, 0) is 19.8 Å². The van der Waals surface area contributed by atoms with Crippen LogP contribution in [-0.4, -0.2) is 26.3 Å². The summed E-state index contributed by atoms with van der Waals surface area (Å²) in [7, 11) is 1.79. The molecule has 0 heterocycles. The number of esters is 1. The van der Waals surface area contributed by atoms with Crippen LogP contribution >= 0.6 is 0 Å². The van der Waals surface area contributed by atoms with Crippen LogP contribution in [0.2, 0.25) is 0 Å². The molecule has 0 aliphatic heterocycles. The van der Waals surface area contributed by atoms with Crippen LogP contribution in [0.1, 0.15) is 129 Å². The fourth-order valence-electron chi connectivity index (χ4n) is 3.64. The Labute approximate surface area is 182 Å². The first kappa shape index (κ1) is 28.2. The smallest absolute Gasteiger partial charge is 0.333 e. The van der Waals surface area contributed by atoms with Gasteiger partial charge in [-0.2, -0.15) is 0 Å². The summed E-state index contributed by atoms with van der Waals surface area (Å²) in [5, 5.41) is 0. The molecule has 0 bridgehead atoms. The predicted octanol–water partition coefficient (Wildman–Crippen LogP) is 8.16. The predicted molar refractivity (Wildman–Crippen MR) is 125 cm³/mol. The lowest BCUT2D eigenvalue weighted by Gasteiger charge is -2.05. The molecule has 0 aliphatic carbocycles. The number of ether oxygens (including phenoxy) is 2. The number of methoxy groups -OCH3 is 1. The molecular weight excluding hydrogens is 360 g/mol. The molecule has 3 nitrogen and oxygen atoms in total. The zero-order valence-electron chi connectivity index (χ0n) is 19.8. The van der Waals surface area contributed by atoms with Crippen molar-refractivity contribution in [1.29, 1.82) is 0 Å². The summed E-state index contributed by atoms with van der Waals surface area (Å²) in [4.78, 5) is 11.2. The monoisotopic (exact) mass is 410 g/mol. The molecule has 0 atom stereocenters. The van der Waals surface area contributed by atoms with E-state index < -0.39 is 0 Å². The minimum Gasteiger partial charge on any atom is -0.462 e. The van der Waals surface area contributed by atoms with Crippen molar-refractivity contribution in [3.63, 3.8) is 0 Å². The van der Waals surface area contributed by atoms with Crippen molar-refractivity contribution in [2.45, 2.75) is 129 Å². The molecule has 0 radical (unpaired) electrons. The van der Waals surface area contributed by atoms with E-state index in [9.17, 15) is 4.79 Å². The molecule has 0 spiro atoms. The molecule has 0 N–H and O–H groups in total. The summed E-state index contributed by atoms with van der Waals surface area (Å²) in [6.45, 7) is 6.75. The molecule has 0 saturated heterocycles. The number of carbonyl (C=O) groups is 1. The van der Waals surface area contributed by atoms with Gasteiger partial charge in [-0.15, -0.1) is 0 Å². The topological polar surface area (TPSA) is 35.5 Å². The van der Waals surface area contributed by atoms with E-state index in [0.717, 1.165) is 19.4 Å². The van der Waals surface area contributed by atoms with E-state index in [1.165, 1.54) is 109 Å². The Bertz CT molecular complexity index is 365. The Morgan fingerprint density at radius 3 is 1.10 bits per heavy atom. The summed E-state index contributed by atoms with van der Waals surface area (Å²) >= 11 is 0. The molecule has 29 heavy (non-hydrogen) atoms. The van der Waals surface area contributed by atoms with Crippen molar-refractivity contribution in [3.8, 4) is 0 Å². The number of hydrogen-bond donors (Lipinski definition) is 0. The molecule has 3 heteroatoms. The molecule has 0 rings (SSSR count). The average Bonchev–Trinajstić information content (AvgIpc) is 2.71. The van der Waals surface area contributed by atoms with Crippen LogP contribution in [0.15, 0.2) is 12.2 Å². The third kappa shape index (κ3) is 23.3. The summed E-state index contributed by atoms with van der Waals surface area (Å²) in [6, 6.07) is 0. The quantitative estimate of drug-likeness (QED) is 0.0968. The SMILES string of the molecule is C=C(C)C(=O)OCCCCCCCCCCCCCCCCCCCCCOC. The van der Waals surface area contributed by atoms with E-state index in [1.807, 2.05) is 0 Å². The highest BCUT2D eigenvalue weighted by Crippen LogP contribution is 2.14. The van der Waals surface area contributed by atoms with Crippen molar-refractivity contribution < 1.29 is 14.3 Å². The van der Waals surface area contributed by atoms with Crippen molar-refractivity contribution in [1.82, 2.24) is 0 Å². The van der Waals surface area contributed by atoms with Crippen molar-refractivity contribution in [2.24, 2.45) is 0 Å². The molecule has 0 saturated carbocycles. The van der Waals surface area contributed by atoms with Crippen molar-refractivity contribution in [2.75, 3.05) is 20.3 Å². The lowest BCUT2D eigenvalue weighted by Crippen LogP contribution is -2.05. The van der Waals surface area contributed by atoms with Gasteiger partial charge in [-0.25, -0.2) is 4.79 Å². The first-order valence-electron chi connectivity index (χ1n) is 12.5. The lowest BCUT2D eigenvalue weighted by molar-refractivity contribution is -0.139. The fraction of sp³-hybridized carbons (Fsp3) is 0.885.